The molecule has 2 N–H and O–H groups in total. The molecule has 6 heteroatoms. The molecule has 2 aromatic carbocycles. The van der Waals surface area contributed by atoms with Gasteiger partial charge in [0.05, 0.1) is 4.90 Å². The van der Waals surface area contributed by atoms with Crippen LogP contribution in [0, 0.1) is 0 Å². The standard InChI is InChI=1S/C14H14BrNO2S2/c1-20(17,18)13-5-3-12(4-6-13)19-14-7-2-11(15)8-10(14)9-16/h2-8H,9,16H2,1H3. The summed E-state index contributed by atoms with van der Waals surface area (Å²) < 4.78 is 23.8. The normalized spacial score (nSPS) is 11.6. The monoisotopic (exact) mass is 371 g/mol. The average molecular weight is 372 g/mol. The highest BCUT2D eigenvalue weighted by molar-refractivity contribution is 9.10. The van der Waals surface area contributed by atoms with E-state index in [-0.39, 0.29) is 0 Å². The topological polar surface area (TPSA) is 60.2 Å². The Morgan fingerprint density at radius 1 is 1.15 bits per heavy atom. The van der Waals surface area contributed by atoms with Crippen molar-refractivity contribution in [1.29, 1.82) is 0 Å². The van der Waals surface area contributed by atoms with Crippen molar-refractivity contribution in [2.24, 2.45) is 5.73 Å². The van der Waals surface area contributed by atoms with Crippen molar-refractivity contribution < 1.29 is 8.42 Å². The molecule has 0 atom stereocenters. The van der Waals surface area contributed by atoms with Crippen LogP contribution >= 0.6 is 27.7 Å². The molecule has 0 aliphatic heterocycles. The van der Waals surface area contributed by atoms with Gasteiger partial charge in [0, 0.05) is 27.1 Å². The predicted molar refractivity (Wildman–Crippen MR) is 85.7 cm³/mol. The van der Waals surface area contributed by atoms with Crippen molar-refractivity contribution in [3.63, 3.8) is 0 Å². The van der Waals surface area contributed by atoms with E-state index in [2.05, 4.69) is 15.9 Å². The van der Waals surface area contributed by atoms with Crippen molar-refractivity contribution in [3.05, 3.63) is 52.5 Å². The third-order valence-corrected chi connectivity index (χ3v) is 5.47. The quantitative estimate of drug-likeness (QED) is 0.893. The van der Waals surface area contributed by atoms with Crippen molar-refractivity contribution in [2.45, 2.75) is 21.2 Å². The third kappa shape index (κ3) is 3.85. The highest BCUT2D eigenvalue weighted by Crippen LogP contribution is 2.32. The Morgan fingerprint density at radius 3 is 2.35 bits per heavy atom. The zero-order valence-electron chi connectivity index (χ0n) is 10.8. The molecule has 0 unspecified atom stereocenters. The Kier molecular flexibility index (Phi) is 4.90. The molecule has 106 valence electrons. The van der Waals surface area contributed by atoms with Gasteiger partial charge in [-0.2, -0.15) is 0 Å². The van der Waals surface area contributed by atoms with Crippen molar-refractivity contribution in [3.8, 4) is 0 Å². The molecule has 3 nitrogen and oxygen atoms in total. The van der Waals surface area contributed by atoms with Crippen LogP contribution in [-0.4, -0.2) is 14.7 Å². The first kappa shape index (κ1) is 15.6. The summed E-state index contributed by atoms with van der Waals surface area (Å²) in [5.41, 5.74) is 6.79. The minimum atomic E-state index is -3.15. The number of benzene rings is 2. The van der Waals surface area contributed by atoms with Crippen LogP contribution in [0.25, 0.3) is 0 Å². The van der Waals surface area contributed by atoms with Gasteiger partial charge in [0.25, 0.3) is 0 Å². The van der Waals surface area contributed by atoms with Gasteiger partial charge in [0.15, 0.2) is 9.84 Å². The van der Waals surface area contributed by atoms with E-state index in [0.717, 1.165) is 19.8 Å². The second kappa shape index (κ2) is 6.30. The molecule has 0 amide bonds. The zero-order chi connectivity index (χ0) is 14.8. The minimum absolute atomic E-state index is 0.330. The Labute approximate surface area is 131 Å². The summed E-state index contributed by atoms with van der Waals surface area (Å²) in [6, 6.07) is 12.8. The number of hydrogen-bond donors (Lipinski definition) is 1. The lowest BCUT2D eigenvalue weighted by molar-refractivity contribution is 0.602. The van der Waals surface area contributed by atoms with Gasteiger partial charge in [-0.15, -0.1) is 0 Å². The molecule has 2 rings (SSSR count). The van der Waals surface area contributed by atoms with E-state index in [0.29, 0.717) is 11.4 Å². The molecular weight excluding hydrogens is 358 g/mol. The van der Waals surface area contributed by atoms with Gasteiger partial charge in [-0.25, -0.2) is 8.42 Å². The van der Waals surface area contributed by atoms with Crippen molar-refractivity contribution in [2.75, 3.05) is 6.26 Å². The van der Waals surface area contributed by atoms with Gasteiger partial charge < -0.3 is 5.73 Å². The van der Waals surface area contributed by atoms with Gasteiger partial charge in [-0.3, -0.25) is 0 Å². The first-order valence-corrected chi connectivity index (χ1v) is 9.37. The molecule has 0 heterocycles. The molecule has 0 saturated carbocycles. The van der Waals surface area contributed by atoms with E-state index < -0.39 is 9.84 Å². The molecule has 20 heavy (non-hydrogen) atoms. The molecule has 0 aliphatic carbocycles. The zero-order valence-corrected chi connectivity index (χ0v) is 14.1. The summed E-state index contributed by atoms with van der Waals surface area (Å²) in [5, 5.41) is 0. The molecule has 0 radical (unpaired) electrons. The van der Waals surface area contributed by atoms with Gasteiger partial charge in [-0.1, -0.05) is 27.7 Å². The van der Waals surface area contributed by atoms with Crippen LogP contribution < -0.4 is 5.73 Å². The van der Waals surface area contributed by atoms with Crippen LogP contribution in [0.4, 0.5) is 0 Å². The number of halogens is 1. The van der Waals surface area contributed by atoms with Crippen LogP contribution in [0.5, 0.6) is 0 Å². The lowest BCUT2D eigenvalue weighted by atomic mass is 10.2. The Morgan fingerprint density at radius 2 is 1.80 bits per heavy atom. The lowest BCUT2D eigenvalue weighted by Gasteiger charge is -2.08. The van der Waals surface area contributed by atoms with E-state index in [4.69, 9.17) is 5.73 Å². The van der Waals surface area contributed by atoms with E-state index in [9.17, 15) is 8.42 Å². The SMILES string of the molecule is CS(=O)(=O)c1ccc(Sc2ccc(Br)cc2CN)cc1. The van der Waals surface area contributed by atoms with Crippen LogP contribution in [0.1, 0.15) is 5.56 Å². The maximum Gasteiger partial charge on any atom is 0.175 e. The van der Waals surface area contributed by atoms with E-state index in [1.54, 1.807) is 23.9 Å². The summed E-state index contributed by atoms with van der Waals surface area (Å²) in [6.45, 7) is 0.462. The number of rotatable bonds is 4. The van der Waals surface area contributed by atoms with Crippen LogP contribution in [0.2, 0.25) is 0 Å². The molecule has 0 aliphatic rings. The Hall–Kier alpha value is -0.820. The van der Waals surface area contributed by atoms with Gasteiger partial charge in [-0.05, 0) is 48.0 Å². The molecule has 0 fully saturated rings. The predicted octanol–water partition coefficient (Wildman–Crippen LogP) is 3.46. The second-order valence-electron chi connectivity index (χ2n) is 4.30. The highest BCUT2D eigenvalue weighted by atomic mass is 79.9. The van der Waals surface area contributed by atoms with Crippen LogP contribution in [0.3, 0.4) is 0 Å². The number of sulfone groups is 1. The smallest absolute Gasteiger partial charge is 0.175 e. The first-order valence-electron chi connectivity index (χ1n) is 5.86. The Bertz CT molecular complexity index is 712. The third-order valence-electron chi connectivity index (χ3n) is 2.72. The van der Waals surface area contributed by atoms with E-state index in [1.165, 1.54) is 6.26 Å². The minimum Gasteiger partial charge on any atom is -0.326 e. The lowest BCUT2D eigenvalue weighted by Crippen LogP contribution is -1.98. The van der Waals surface area contributed by atoms with Gasteiger partial charge >= 0.3 is 0 Å². The summed E-state index contributed by atoms with van der Waals surface area (Å²) in [7, 11) is -3.15. The van der Waals surface area contributed by atoms with Gasteiger partial charge in [0.2, 0.25) is 0 Å². The Balaban J connectivity index is 2.27. The van der Waals surface area contributed by atoms with Crippen LogP contribution in [0.15, 0.2) is 61.6 Å². The molecule has 0 aromatic heterocycles. The summed E-state index contributed by atoms with van der Waals surface area (Å²) in [4.78, 5) is 2.38. The maximum absolute atomic E-state index is 11.4. The fourth-order valence-corrected chi connectivity index (χ4v) is 3.66. The van der Waals surface area contributed by atoms with Gasteiger partial charge in [0.1, 0.15) is 0 Å². The molecule has 0 saturated heterocycles. The highest BCUT2D eigenvalue weighted by Gasteiger charge is 2.08. The molecule has 2 aromatic rings. The average Bonchev–Trinajstić information content (AvgIpc) is 2.40. The van der Waals surface area contributed by atoms with Crippen LogP contribution in [-0.2, 0) is 16.4 Å². The maximum atomic E-state index is 11.4. The first-order chi connectivity index (χ1) is 9.40. The molecular formula is C14H14BrNO2S2. The number of hydrogen-bond acceptors (Lipinski definition) is 4. The van der Waals surface area contributed by atoms with E-state index >= 15 is 0 Å². The largest absolute Gasteiger partial charge is 0.326 e. The van der Waals surface area contributed by atoms with Crippen molar-refractivity contribution >= 4 is 37.5 Å². The van der Waals surface area contributed by atoms with E-state index in [1.807, 2.05) is 30.3 Å². The fraction of sp³-hybridized carbons (Fsp3) is 0.143. The molecule has 0 bridgehead atoms. The molecule has 0 spiro atoms. The van der Waals surface area contributed by atoms with Crippen molar-refractivity contribution in [1.82, 2.24) is 0 Å². The summed E-state index contributed by atoms with van der Waals surface area (Å²) in [5.74, 6) is 0. The fourth-order valence-electron chi connectivity index (χ4n) is 1.69. The number of nitrogens with two attached hydrogens (primary N) is 1. The summed E-state index contributed by atoms with van der Waals surface area (Å²) in [6.07, 6.45) is 1.20. The second-order valence-corrected chi connectivity index (χ2v) is 8.35. The summed E-state index contributed by atoms with van der Waals surface area (Å²) >= 11 is 4.99.